The molecule has 0 saturated carbocycles. The minimum atomic E-state index is -2.67. The number of sulfone groups is 1. The van der Waals surface area contributed by atoms with Crippen molar-refractivity contribution in [3.05, 3.63) is 42.2 Å². The van der Waals surface area contributed by atoms with Crippen LogP contribution < -0.4 is 15.1 Å². The van der Waals surface area contributed by atoms with E-state index in [1.807, 2.05) is 18.5 Å². The van der Waals surface area contributed by atoms with Crippen LogP contribution in [0, 0.1) is 0 Å². The lowest BCUT2D eigenvalue weighted by Crippen LogP contribution is -2.45. The van der Waals surface area contributed by atoms with Crippen LogP contribution in [0.15, 0.2) is 36.7 Å². The lowest BCUT2D eigenvalue weighted by Gasteiger charge is -2.41. The highest BCUT2D eigenvalue weighted by Gasteiger charge is 2.26. The van der Waals surface area contributed by atoms with E-state index in [2.05, 4.69) is 59.1 Å². The van der Waals surface area contributed by atoms with Gasteiger partial charge in [-0.25, -0.2) is 18.4 Å². The molecular formula is C28H45FN6O3S. The lowest BCUT2D eigenvalue weighted by molar-refractivity contribution is 0.399. The summed E-state index contributed by atoms with van der Waals surface area (Å²) in [6.07, 6.45) is 11.2. The first-order valence-electron chi connectivity index (χ1n) is 13.2. The van der Waals surface area contributed by atoms with Gasteiger partial charge in [-0.2, -0.15) is 4.98 Å². The van der Waals surface area contributed by atoms with Gasteiger partial charge in [0.2, 0.25) is 5.95 Å². The first kappa shape index (κ1) is 32.2. The summed E-state index contributed by atoms with van der Waals surface area (Å²) in [5.41, 5.74) is 2.65. The van der Waals surface area contributed by atoms with E-state index in [0.29, 0.717) is 12.0 Å². The van der Waals surface area contributed by atoms with Crippen LogP contribution in [0.4, 0.5) is 28.0 Å². The summed E-state index contributed by atoms with van der Waals surface area (Å²) in [4.78, 5) is 18.8. The Balaban J connectivity index is 0.000000806. The summed E-state index contributed by atoms with van der Waals surface area (Å²) in [6.45, 7) is 9.99. The lowest BCUT2D eigenvalue weighted by atomic mass is 9.94. The Morgan fingerprint density at radius 2 is 1.67 bits per heavy atom. The van der Waals surface area contributed by atoms with E-state index in [0.717, 1.165) is 56.8 Å². The average Bonchev–Trinajstić information content (AvgIpc) is 2.88. The largest absolute Gasteiger partial charge is 0.400 e. The van der Waals surface area contributed by atoms with Gasteiger partial charge in [-0.1, -0.05) is 19.9 Å². The SMILES string of the molecule is CC(C)c1ccc(N2CC[C@H]2C)c2cnc(Nc3ccnc(N4CCCCC4)n3)cc12.CO.CS(C)(=O)=O.F.[HH]. The molecule has 2 fully saturated rings. The number of aliphatic hydroxyl groups excluding tert-OH is 1. The molecule has 2 saturated heterocycles. The average molecular weight is 565 g/mol. The molecule has 0 spiro atoms. The van der Waals surface area contributed by atoms with Crippen molar-refractivity contribution in [2.24, 2.45) is 0 Å². The maximum absolute atomic E-state index is 9.63. The number of aliphatic hydroxyl groups is 1. The number of hydrogen-bond acceptors (Lipinski definition) is 9. The van der Waals surface area contributed by atoms with Crippen molar-refractivity contribution in [3.63, 3.8) is 0 Å². The molecule has 2 N–H and O–H groups in total. The molecule has 0 bridgehead atoms. The van der Waals surface area contributed by atoms with Gasteiger partial charge in [-0.05, 0) is 67.7 Å². The van der Waals surface area contributed by atoms with E-state index in [1.54, 1.807) is 0 Å². The van der Waals surface area contributed by atoms with Crippen molar-refractivity contribution in [3.8, 4) is 0 Å². The standard InChI is InChI=1S/C25H32N6.C2H6O2S.CH4O.FH.H2/c1-17(2)19-7-8-22(31-14-10-18(31)3)21-16-27-24(15-20(19)21)28-23-9-11-26-25(29-23)30-12-5-4-6-13-30;1-5(2,3)4;1-2;;/h7-9,11,15-18H,4-6,10,12-14H2,1-3H3,(H,26,27,28,29);1-2H3;2H,1H3;2*1H/t18-;;;;/m1..../s1. The summed E-state index contributed by atoms with van der Waals surface area (Å²) in [5.74, 6) is 2.88. The summed E-state index contributed by atoms with van der Waals surface area (Å²) in [7, 11) is -1.67. The molecule has 0 aliphatic carbocycles. The zero-order valence-electron chi connectivity index (χ0n) is 23.9. The predicted octanol–water partition coefficient (Wildman–Crippen LogP) is 5.15. The topological polar surface area (TPSA) is 112 Å². The van der Waals surface area contributed by atoms with E-state index < -0.39 is 9.84 Å². The van der Waals surface area contributed by atoms with Gasteiger partial charge in [0.1, 0.15) is 21.5 Å². The van der Waals surface area contributed by atoms with Crippen molar-refractivity contribution in [2.75, 3.05) is 54.4 Å². The number of hydrogen-bond donors (Lipinski definition) is 2. The van der Waals surface area contributed by atoms with Crippen LogP contribution in [0.25, 0.3) is 10.8 Å². The van der Waals surface area contributed by atoms with Gasteiger partial charge in [-0.3, -0.25) is 4.70 Å². The van der Waals surface area contributed by atoms with Gasteiger partial charge >= 0.3 is 0 Å². The second kappa shape index (κ2) is 14.4. The molecule has 0 radical (unpaired) electrons. The molecule has 11 heteroatoms. The first-order valence-corrected chi connectivity index (χ1v) is 15.5. The summed E-state index contributed by atoms with van der Waals surface area (Å²) >= 11 is 0. The number of anilines is 4. The van der Waals surface area contributed by atoms with E-state index in [1.165, 1.54) is 47.7 Å². The highest BCUT2D eigenvalue weighted by atomic mass is 32.2. The highest BCUT2D eigenvalue weighted by molar-refractivity contribution is 7.89. The van der Waals surface area contributed by atoms with Crippen molar-refractivity contribution in [1.82, 2.24) is 15.0 Å². The predicted molar refractivity (Wildman–Crippen MR) is 162 cm³/mol. The molecule has 218 valence electrons. The van der Waals surface area contributed by atoms with Gasteiger partial charge in [0.25, 0.3) is 0 Å². The maximum atomic E-state index is 9.63. The van der Waals surface area contributed by atoms with E-state index in [-0.39, 0.29) is 6.13 Å². The van der Waals surface area contributed by atoms with Gasteiger partial charge in [0.15, 0.2) is 0 Å². The third kappa shape index (κ3) is 8.72. The molecule has 0 unspecified atom stereocenters. The van der Waals surface area contributed by atoms with Crippen LogP contribution in [0.3, 0.4) is 0 Å². The number of piperidine rings is 1. The number of benzene rings is 1. The van der Waals surface area contributed by atoms with E-state index in [4.69, 9.17) is 15.1 Å². The molecule has 5 rings (SSSR count). The van der Waals surface area contributed by atoms with Crippen LogP contribution in [0.1, 0.15) is 59.4 Å². The fraction of sp³-hybridized carbons (Fsp3) is 0.536. The number of halogens is 1. The molecule has 2 aromatic heterocycles. The van der Waals surface area contributed by atoms with Crippen molar-refractivity contribution in [2.45, 2.75) is 58.4 Å². The molecule has 4 heterocycles. The Labute approximate surface area is 233 Å². The minimum Gasteiger partial charge on any atom is -0.400 e. The Kier molecular flexibility index (Phi) is 11.8. The van der Waals surface area contributed by atoms with Crippen LogP contribution in [0.5, 0.6) is 0 Å². The third-order valence-corrected chi connectivity index (χ3v) is 6.70. The number of fused-ring (bicyclic) bond motifs is 1. The molecule has 1 aromatic carbocycles. The van der Waals surface area contributed by atoms with Gasteiger partial charge in [-0.15, -0.1) is 0 Å². The van der Waals surface area contributed by atoms with Gasteiger partial charge in [0, 0.05) is 70.2 Å². The summed E-state index contributed by atoms with van der Waals surface area (Å²) in [6, 6.07) is 9.26. The third-order valence-electron chi connectivity index (χ3n) is 6.70. The number of rotatable bonds is 5. The number of nitrogens with zero attached hydrogens (tertiary/aromatic N) is 5. The van der Waals surface area contributed by atoms with E-state index >= 15 is 0 Å². The Bertz CT molecular complexity index is 1310. The van der Waals surface area contributed by atoms with E-state index in [9.17, 15) is 8.42 Å². The highest BCUT2D eigenvalue weighted by Crippen LogP contribution is 2.37. The van der Waals surface area contributed by atoms with Crippen LogP contribution in [0.2, 0.25) is 0 Å². The molecule has 0 amide bonds. The van der Waals surface area contributed by atoms with Crippen molar-refractivity contribution >= 4 is 43.9 Å². The number of nitrogens with one attached hydrogen (secondary N) is 1. The molecule has 2 aliphatic heterocycles. The normalized spacial score (nSPS) is 16.8. The van der Waals surface area contributed by atoms with Crippen LogP contribution >= 0.6 is 0 Å². The van der Waals surface area contributed by atoms with Crippen LogP contribution in [-0.4, -0.2) is 73.8 Å². The minimum absolute atomic E-state index is 0. The molecular weight excluding hydrogens is 519 g/mol. The Hall–Kier alpha value is -3.05. The monoisotopic (exact) mass is 564 g/mol. The smallest absolute Gasteiger partial charge is 0.227 e. The molecule has 2 aliphatic rings. The zero-order chi connectivity index (χ0) is 27.9. The maximum Gasteiger partial charge on any atom is 0.227 e. The fourth-order valence-corrected chi connectivity index (χ4v) is 4.74. The molecule has 9 nitrogen and oxygen atoms in total. The summed E-state index contributed by atoms with van der Waals surface area (Å²) in [5, 5.41) is 12.9. The van der Waals surface area contributed by atoms with Gasteiger partial charge < -0.3 is 20.2 Å². The second-order valence-electron chi connectivity index (χ2n) is 10.3. The van der Waals surface area contributed by atoms with Crippen molar-refractivity contribution < 1.29 is 19.7 Å². The number of aromatic nitrogens is 3. The Morgan fingerprint density at radius 3 is 2.23 bits per heavy atom. The second-order valence-corrected chi connectivity index (χ2v) is 12.6. The van der Waals surface area contributed by atoms with Gasteiger partial charge in [0.05, 0.1) is 0 Å². The fourth-order valence-electron chi connectivity index (χ4n) is 4.74. The van der Waals surface area contributed by atoms with Crippen LogP contribution in [-0.2, 0) is 9.84 Å². The molecule has 1 atom stereocenters. The summed E-state index contributed by atoms with van der Waals surface area (Å²) < 4.78 is 19.3. The Morgan fingerprint density at radius 1 is 1.00 bits per heavy atom. The zero-order valence-corrected chi connectivity index (χ0v) is 24.7. The number of pyridine rings is 1. The quantitative estimate of drug-likeness (QED) is 0.435. The molecule has 39 heavy (non-hydrogen) atoms. The first-order chi connectivity index (χ1) is 18.1. The molecule has 3 aromatic rings. The van der Waals surface area contributed by atoms with Crippen molar-refractivity contribution in [1.29, 1.82) is 0 Å².